The Kier molecular flexibility index (Phi) is 5.60. The standard InChI is InChI=1S/C17H23N5O3/c1-2-15-18-5-6-21(15)11-17(24)22-7-8-25-14(10-22)4-3-13-9-16(23)20-12-19-13/h5-6,9,12,14H,2-4,7-8,10-11H2,1H3,(H,19,20,23)/t14-/m1/s1. The van der Waals surface area contributed by atoms with E-state index < -0.39 is 0 Å². The maximum Gasteiger partial charge on any atom is 0.250 e. The highest BCUT2D eigenvalue weighted by Crippen LogP contribution is 2.12. The first-order valence-corrected chi connectivity index (χ1v) is 8.58. The molecule has 8 heteroatoms. The monoisotopic (exact) mass is 345 g/mol. The molecular weight excluding hydrogens is 322 g/mol. The van der Waals surface area contributed by atoms with Crippen molar-refractivity contribution in [1.82, 2.24) is 24.4 Å². The summed E-state index contributed by atoms with van der Waals surface area (Å²) in [4.78, 5) is 36.6. The number of aromatic amines is 1. The van der Waals surface area contributed by atoms with E-state index in [2.05, 4.69) is 15.0 Å². The third-order valence-corrected chi connectivity index (χ3v) is 4.37. The Hall–Kier alpha value is -2.48. The molecule has 25 heavy (non-hydrogen) atoms. The van der Waals surface area contributed by atoms with Crippen LogP contribution in [0.2, 0.25) is 0 Å². The van der Waals surface area contributed by atoms with Crippen LogP contribution in [0.1, 0.15) is 24.9 Å². The van der Waals surface area contributed by atoms with Gasteiger partial charge in [-0.1, -0.05) is 6.92 Å². The molecule has 3 rings (SSSR count). The molecule has 8 nitrogen and oxygen atoms in total. The molecule has 0 unspecified atom stereocenters. The van der Waals surface area contributed by atoms with Gasteiger partial charge in [0.05, 0.1) is 19.0 Å². The number of carbonyl (C=O) groups excluding carboxylic acids is 1. The maximum atomic E-state index is 12.6. The molecule has 1 N–H and O–H groups in total. The molecule has 1 amide bonds. The molecule has 3 heterocycles. The largest absolute Gasteiger partial charge is 0.375 e. The Morgan fingerprint density at radius 1 is 1.44 bits per heavy atom. The minimum absolute atomic E-state index is 0.0350. The summed E-state index contributed by atoms with van der Waals surface area (Å²) in [5, 5.41) is 0. The van der Waals surface area contributed by atoms with E-state index in [1.165, 1.54) is 12.4 Å². The third kappa shape index (κ3) is 4.54. The number of nitrogens with zero attached hydrogens (tertiary/aromatic N) is 4. The Labute approximate surface area is 145 Å². The average molecular weight is 345 g/mol. The van der Waals surface area contributed by atoms with Crippen LogP contribution < -0.4 is 5.56 Å². The number of ether oxygens (including phenoxy) is 1. The number of hydrogen-bond acceptors (Lipinski definition) is 5. The van der Waals surface area contributed by atoms with Crippen LogP contribution in [0.15, 0.2) is 29.6 Å². The van der Waals surface area contributed by atoms with Crippen LogP contribution in [0.5, 0.6) is 0 Å². The van der Waals surface area contributed by atoms with Gasteiger partial charge in [0.2, 0.25) is 5.91 Å². The van der Waals surface area contributed by atoms with Gasteiger partial charge in [0.25, 0.3) is 5.56 Å². The molecule has 0 saturated carbocycles. The molecular formula is C17H23N5O3. The van der Waals surface area contributed by atoms with Gasteiger partial charge >= 0.3 is 0 Å². The summed E-state index contributed by atoms with van der Waals surface area (Å²) in [6, 6.07) is 1.50. The van der Waals surface area contributed by atoms with Crippen molar-refractivity contribution in [1.29, 1.82) is 0 Å². The van der Waals surface area contributed by atoms with E-state index in [-0.39, 0.29) is 17.6 Å². The SMILES string of the molecule is CCc1nccn1CC(=O)N1CCO[C@H](CCc2cc(=O)[nH]cn2)C1. The van der Waals surface area contributed by atoms with Crippen LogP contribution in [0.25, 0.3) is 0 Å². The van der Waals surface area contributed by atoms with Crippen LogP contribution >= 0.6 is 0 Å². The first-order valence-electron chi connectivity index (χ1n) is 8.58. The molecule has 0 bridgehead atoms. The average Bonchev–Trinajstić information content (AvgIpc) is 3.07. The van der Waals surface area contributed by atoms with Crippen LogP contribution in [0.3, 0.4) is 0 Å². The zero-order valence-corrected chi connectivity index (χ0v) is 14.4. The summed E-state index contributed by atoms with van der Waals surface area (Å²) in [6.07, 6.45) is 7.12. The van der Waals surface area contributed by atoms with Crippen LogP contribution in [-0.4, -0.2) is 56.1 Å². The fourth-order valence-corrected chi connectivity index (χ4v) is 3.02. The number of amides is 1. The normalized spacial score (nSPS) is 17.6. The van der Waals surface area contributed by atoms with Gasteiger partial charge in [0, 0.05) is 43.7 Å². The van der Waals surface area contributed by atoms with Crippen molar-refractivity contribution in [2.75, 3.05) is 19.7 Å². The minimum atomic E-state index is -0.154. The lowest BCUT2D eigenvalue weighted by molar-refractivity contribution is -0.139. The Morgan fingerprint density at radius 2 is 2.32 bits per heavy atom. The molecule has 1 saturated heterocycles. The summed E-state index contributed by atoms with van der Waals surface area (Å²) in [7, 11) is 0. The smallest absolute Gasteiger partial charge is 0.250 e. The molecule has 1 aliphatic heterocycles. The number of carbonyl (C=O) groups is 1. The molecule has 0 aromatic carbocycles. The predicted octanol–water partition coefficient (Wildman–Crippen LogP) is 0.389. The molecule has 134 valence electrons. The van der Waals surface area contributed by atoms with Gasteiger partial charge in [-0.25, -0.2) is 9.97 Å². The summed E-state index contributed by atoms with van der Waals surface area (Å²) in [6.45, 7) is 4.04. The lowest BCUT2D eigenvalue weighted by Crippen LogP contribution is -2.47. The number of imidazole rings is 1. The lowest BCUT2D eigenvalue weighted by Gasteiger charge is -2.33. The minimum Gasteiger partial charge on any atom is -0.375 e. The zero-order chi connectivity index (χ0) is 17.6. The summed E-state index contributed by atoms with van der Waals surface area (Å²) in [5.74, 6) is 0.994. The first kappa shape index (κ1) is 17.3. The van der Waals surface area contributed by atoms with Gasteiger partial charge in [0.1, 0.15) is 12.4 Å². The molecule has 0 radical (unpaired) electrons. The quantitative estimate of drug-likeness (QED) is 0.817. The second-order valence-corrected chi connectivity index (χ2v) is 6.10. The van der Waals surface area contributed by atoms with E-state index in [0.717, 1.165) is 24.4 Å². The molecule has 0 spiro atoms. The van der Waals surface area contributed by atoms with Crippen molar-refractivity contribution in [3.05, 3.63) is 46.7 Å². The maximum absolute atomic E-state index is 12.6. The van der Waals surface area contributed by atoms with Crippen LogP contribution in [-0.2, 0) is 28.9 Å². The van der Waals surface area contributed by atoms with Crippen molar-refractivity contribution in [3.63, 3.8) is 0 Å². The summed E-state index contributed by atoms with van der Waals surface area (Å²) in [5.41, 5.74) is 0.584. The van der Waals surface area contributed by atoms with E-state index in [0.29, 0.717) is 32.7 Å². The van der Waals surface area contributed by atoms with Gasteiger partial charge in [-0.3, -0.25) is 9.59 Å². The van der Waals surface area contributed by atoms with Gasteiger partial charge < -0.3 is 19.2 Å². The van der Waals surface area contributed by atoms with Crippen molar-refractivity contribution in [3.8, 4) is 0 Å². The Morgan fingerprint density at radius 3 is 3.12 bits per heavy atom. The highest BCUT2D eigenvalue weighted by molar-refractivity contribution is 5.76. The fraction of sp³-hybridized carbons (Fsp3) is 0.529. The van der Waals surface area contributed by atoms with E-state index in [9.17, 15) is 9.59 Å². The second-order valence-electron chi connectivity index (χ2n) is 6.10. The Bertz CT molecular complexity index is 769. The second kappa shape index (κ2) is 8.06. The van der Waals surface area contributed by atoms with Crippen molar-refractivity contribution >= 4 is 5.91 Å². The Balaban J connectivity index is 1.53. The molecule has 2 aromatic heterocycles. The summed E-state index contributed by atoms with van der Waals surface area (Å²) < 4.78 is 7.66. The van der Waals surface area contributed by atoms with E-state index in [1.807, 2.05) is 22.6 Å². The molecule has 1 atom stereocenters. The number of aromatic nitrogens is 4. The highest BCUT2D eigenvalue weighted by atomic mass is 16.5. The zero-order valence-electron chi connectivity index (χ0n) is 14.4. The summed E-state index contributed by atoms with van der Waals surface area (Å²) >= 11 is 0. The molecule has 2 aromatic rings. The number of nitrogens with one attached hydrogen (secondary N) is 1. The highest BCUT2D eigenvalue weighted by Gasteiger charge is 2.24. The number of aryl methyl sites for hydroxylation is 2. The van der Waals surface area contributed by atoms with Crippen molar-refractivity contribution < 1.29 is 9.53 Å². The number of H-pyrrole nitrogens is 1. The molecule has 1 aliphatic rings. The van der Waals surface area contributed by atoms with E-state index >= 15 is 0 Å². The fourth-order valence-electron chi connectivity index (χ4n) is 3.02. The van der Waals surface area contributed by atoms with E-state index in [4.69, 9.17) is 4.74 Å². The van der Waals surface area contributed by atoms with Crippen molar-refractivity contribution in [2.45, 2.75) is 38.8 Å². The van der Waals surface area contributed by atoms with E-state index in [1.54, 1.807) is 6.20 Å². The number of rotatable bonds is 6. The lowest BCUT2D eigenvalue weighted by atomic mass is 10.1. The van der Waals surface area contributed by atoms with Gasteiger partial charge in [0.15, 0.2) is 0 Å². The van der Waals surface area contributed by atoms with Gasteiger partial charge in [-0.05, 0) is 12.8 Å². The van der Waals surface area contributed by atoms with Crippen molar-refractivity contribution in [2.24, 2.45) is 0 Å². The third-order valence-electron chi connectivity index (χ3n) is 4.37. The van der Waals surface area contributed by atoms with Crippen LogP contribution in [0.4, 0.5) is 0 Å². The molecule has 0 aliphatic carbocycles. The predicted molar refractivity (Wildman–Crippen MR) is 91.1 cm³/mol. The number of morpholine rings is 1. The first-order chi connectivity index (χ1) is 12.2. The topological polar surface area (TPSA) is 93.1 Å². The molecule has 1 fully saturated rings. The number of hydrogen-bond donors (Lipinski definition) is 1. The van der Waals surface area contributed by atoms with Gasteiger partial charge in [-0.2, -0.15) is 0 Å². The van der Waals surface area contributed by atoms with Gasteiger partial charge in [-0.15, -0.1) is 0 Å². The van der Waals surface area contributed by atoms with Crippen LogP contribution in [0, 0.1) is 0 Å².